The summed E-state index contributed by atoms with van der Waals surface area (Å²) in [7, 11) is -3.00. The average molecular weight is 317 g/mol. The number of carbonyl (C=O) groups excluding carboxylic acids is 1. The van der Waals surface area contributed by atoms with Gasteiger partial charge in [0, 0.05) is 25.6 Å². The van der Waals surface area contributed by atoms with Gasteiger partial charge in [-0.05, 0) is 19.1 Å². The maximum Gasteiger partial charge on any atom is 0.169 e. The van der Waals surface area contributed by atoms with Gasteiger partial charge in [-0.3, -0.25) is 9.69 Å². The molecule has 0 spiro atoms. The SMILES string of the molecule is CC1CS(=O)(=O)CCN1CCC(=O)c1cccc(F)c1F. The quantitative estimate of drug-likeness (QED) is 0.793. The molecule has 0 aromatic heterocycles. The molecule has 0 saturated carbocycles. The lowest BCUT2D eigenvalue weighted by Crippen LogP contribution is -2.47. The molecule has 1 heterocycles. The number of halogens is 2. The molecule has 1 aliphatic rings. The molecule has 1 unspecified atom stereocenters. The van der Waals surface area contributed by atoms with Crippen molar-refractivity contribution in [3.05, 3.63) is 35.4 Å². The summed E-state index contributed by atoms with van der Waals surface area (Å²) >= 11 is 0. The fraction of sp³-hybridized carbons (Fsp3) is 0.500. The summed E-state index contributed by atoms with van der Waals surface area (Å²) in [5, 5.41) is 0. The van der Waals surface area contributed by atoms with Crippen LogP contribution in [0.4, 0.5) is 8.78 Å². The van der Waals surface area contributed by atoms with E-state index in [4.69, 9.17) is 0 Å². The fourth-order valence-electron chi connectivity index (χ4n) is 2.46. The van der Waals surface area contributed by atoms with Crippen molar-refractivity contribution in [2.75, 3.05) is 24.6 Å². The molecule has 0 amide bonds. The summed E-state index contributed by atoms with van der Waals surface area (Å²) in [5.41, 5.74) is -0.257. The maximum atomic E-state index is 13.5. The number of carbonyl (C=O) groups is 1. The van der Waals surface area contributed by atoms with Crippen molar-refractivity contribution < 1.29 is 22.0 Å². The molecule has 0 N–H and O–H groups in total. The van der Waals surface area contributed by atoms with Gasteiger partial charge in [0.05, 0.1) is 17.1 Å². The molecule has 0 bridgehead atoms. The maximum absolute atomic E-state index is 13.5. The van der Waals surface area contributed by atoms with Crippen molar-refractivity contribution in [2.45, 2.75) is 19.4 Å². The first kappa shape index (κ1) is 16.0. The third-order valence-corrected chi connectivity index (χ3v) is 5.48. The smallest absolute Gasteiger partial charge is 0.169 e. The van der Waals surface area contributed by atoms with E-state index in [1.54, 1.807) is 6.92 Å². The highest BCUT2D eigenvalue weighted by atomic mass is 32.2. The summed E-state index contributed by atoms with van der Waals surface area (Å²) in [6.07, 6.45) is 0.0325. The molecule has 116 valence electrons. The highest BCUT2D eigenvalue weighted by Crippen LogP contribution is 2.16. The third kappa shape index (κ3) is 3.85. The first-order chi connectivity index (χ1) is 9.80. The highest BCUT2D eigenvalue weighted by molar-refractivity contribution is 7.91. The van der Waals surface area contributed by atoms with E-state index in [0.29, 0.717) is 13.1 Å². The Hall–Kier alpha value is -1.34. The molecule has 1 aromatic rings. The predicted octanol–water partition coefficient (Wildman–Crippen LogP) is 1.66. The Bertz CT molecular complexity index is 646. The lowest BCUT2D eigenvalue weighted by Gasteiger charge is -2.32. The van der Waals surface area contributed by atoms with E-state index >= 15 is 0 Å². The predicted molar refractivity (Wildman–Crippen MR) is 75.0 cm³/mol. The van der Waals surface area contributed by atoms with E-state index in [-0.39, 0.29) is 29.5 Å². The van der Waals surface area contributed by atoms with Crippen LogP contribution in [0.25, 0.3) is 0 Å². The molecule has 0 aliphatic carbocycles. The lowest BCUT2D eigenvalue weighted by atomic mass is 10.1. The third-order valence-electron chi connectivity index (χ3n) is 3.69. The van der Waals surface area contributed by atoms with Gasteiger partial charge in [0.15, 0.2) is 27.3 Å². The molecule has 1 atom stereocenters. The zero-order valence-electron chi connectivity index (χ0n) is 11.7. The largest absolute Gasteiger partial charge is 0.298 e. The molecule has 1 fully saturated rings. The zero-order chi connectivity index (χ0) is 15.6. The number of benzene rings is 1. The van der Waals surface area contributed by atoms with Crippen LogP contribution >= 0.6 is 0 Å². The second-order valence-electron chi connectivity index (χ2n) is 5.27. The Labute approximate surface area is 122 Å². The van der Waals surface area contributed by atoms with Crippen LogP contribution in [0.5, 0.6) is 0 Å². The summed E-state index contributed by atoms with van der Waals surface area (Å²) in [6, 6.07) is 3.34. The van der Waals surface area contributed by atoms with Crippen molar-refractivity contribution in [1.29, 1.82) is 0 Å². The van der Waals surface area contributed by atoms with Crippen LogP contribution in [0.1, 0.15) is 23.7 Å². The molecule has 2 rings (SSSR count). The van der Waals surface area contributed by atoms with Crippen LogP contribution in [0, 0.1) is 11.6 Å². The van der Waals surface area contributed by atoms with Crippen LogP contribution in [-0.2, 0) is 9.84 Å². The van der Waals surface area contributed by atoms with Crippen LogP contribution in [0.3, 0.4) is 0 Å². The van der Waals surface area contributed by atoms with Crippen LogP contribution in [-0.4, -0.2) is 49.7 Å². The number of ketones is 1. The van der Waals surface area contributed by atoms with E-state index in [0.717, 1.165) is 6.07 Å². The number of hydrogen-bond donors (Lipinski definition) is 0. The van der Waals surface area contributed by atoms with E-state index in [2.05, 4.69) is 0 Å². The number of hydrogen-bond acceptors (Lipinski definition) is 4. The Morgan fingerprint density at radius 1 is 1.38 bits per heavy atom. The number of Topliss-reactive ketones (excluding diaryl/α,β-unsaturated/α-hetero) is 1. The van der Waals surface area contributed by atoms with E-state index in [1.807, 2.05) is 4.90 Å². The van der Waals surface area contributed by atoms with E-state index in [9.17, 15) is 22.0 Å². The Morgan fingerprint density at radius 3 is 2.76 bits per heavy atom. The molecule has 4 nitrogen and oxygen atoms in total. The monoisotopic (exact) mass is 317 g/mol. The first-order valence-electron chi connectivity index (χ1n) is 6.72. The second kappa shape index (κ2) is 6.19. The Morgan fingerprint density at radius 2 is 2.10 bits per heavy atom. The van der Waals surface area contributed by atoms with E-state index < -0.39 is 27.3 Å². The molecular formula is C14H17F2NO3S. The summed E-state index contributed by atoms with van der Waals surface area (Å²) in [4.78, 5) is 13.8. The molecule has 21 heavy (non-hydrogen) atoms. The minimum Gasteiger partial charge on any atom is -0.298 e. The van der Waals surface area contributed by atoms with Gasteiger partial charge in [-0.2, -0.15) is 0 Å². The summed E-state index contributed by atoms with van der Waals surface area (Å²) < 4.78 is 49.5. The van der Waals surface area contributed by atoms with Gasteiger partial charge in [-0.15, -0.1) is 0 Å². The molecular weight excluding hydrogens is 300 g/mol. The molecule has 1 aliphatic heterocycles. The Balaban J connectivity index is 1.97. The molecule has 1 aromatic carbocycles. The zero-order valence-corrected chi connectivity index (χ0v) is 12.5. The molecule has 1 saturated heterocycles. The second-order valence-corrected chi connectivity index (χ2v) is 7.50. The van der Waals surface area contributed by atoms with Gasteiger partial charge >= 0.3 is 0 Å². The van der Waals surface area contributed by atoms with Gasteiger partial charge in [0.25, 0.3) is 0 Å². The fourth-order valence-corrected chi connectivity index (χ4v) is 4.09. The minimum atomic E-state index is -3.00. The lowest BCUT2D eigenvalue weighted by molar-refractivity contribution is 0.0952. The van der Waals surface area contributed by atoms with Crippen molar-refractivity contribution in [1.82, 2.24) is 4.90 Å². The van der Waals surface area contributed by atoms with Gasteiger partial charge < -0.3 is 0 Å². The highest BCUT2D eigenvalue weighted by Gasteiger charge is 2.28. The molecule has 7 heteroatoms. The first-order valence-corrected chi connectivity index (χ1v) is 8.54. The summed E-state index contributed by atoms with van der Waals surface area (Å²) in [5.74, 6) is -2.52. The number of sulfone groups is 1. The van der Waals surface area contributed by atoms with E-state index in [1.165, 1.54) is 12.1 Å². The van der Waals surface area contributed by atoms with Gasteiger partial charge in [-0.25, -0.2) is 17.2 Å². The molecule has 0 radical (unpaired) electrons. The number of nitrogens with zero attached hydrogens (tertiary/aromatic N) is 1. The van der Waals surface area contributed by atoms with Crippen molar-refractivity contribution in [3.63, 3.8) is 0 Å². The van der Waals surface area contributed by atoms with Crippen LogP contribution in [0.2, 0.25) is 0 Å². The normalized spacial score (nSPS) is 22.1. The van der Waals surface area contributed by atoms with Crippen LogP contribution in [0.15, 0.2) is 18.2 Å². The van der Waals surface area contributed by atoms with Gasteiger partial charge in [0.1, 0.15) is 0 Å². The standard InChI is InChI=1S/C14H17F2NO3S/c1-10-9-21(19,20)8-7-17(10)6-5-13(18)11-3-2-4-12(15)14(11)16/h2-4,10H,5-9H2,1H3. The van der Waals surface area contributed by atoms with Gasteiger partial charge in [-0.1, -0.05) is 6.07 Å². The minimum absolute atomic E-state index is 0.0325. The van der Waals surface area contributed by atoms with Crippen molar-refractivity contribution in [2.24, 2.45) is 0 Å². The topological polar surface area (TPSA) is 54.5 Å². The van der Waals surface area contributed by atoms with Crippen molar-refractivity contribution in [3.8, 4) is 0 Å². The average Bonchev–Trinajstić information content (AvgIpc) is 2.40. The summed E-state index contributed by atoms with van der Waals surface area (Å²) in [6.45, 7) is 2.48. The Kier molecular flexibility index (Phi) is 4.73. The number of rotatable bonds is 4. The van der Waals surface area contributed by atoms with Crippen LogP contribution < -0.4 is 0 Å². The van der Waals surface area contributed by atoms with Gasteiger partial charge in [0.2, 0.25) is 0 Å². The van der Waals surface area contributed by atoms with Crippen molar-refractivity contribution >= 4 is 15.6 Å².